The number of carbonyl (C=O) groups is 3. The number of rotatable bonds is 7. The average Bonchev–Trinajstić information content (AvgIpc) is 3.69. The molecule has 2 bridgehead atoms. The van der Waals surface area contributed by atoms with E-state index in [1.807, 2.05) is 9.80 Å². The molecule has 1 aromatic carbocycles. The molecule has 1 saturated carbocycles. The number of nitriles is 1. The Morgan fingerprint density at radius 2 is 1.85 bits per heavy atom. The molecule has 4 fully saturated rings. The van der Waals surface area contributed by atoms with Gasteiger partial charge in [-0.1, -0.05) is 25.0 Å². The second kappa shape index (κ2) is 11.4. The molecule has 5 rings (SSSR count). The molecule has 3 aliphatic heterocycles. The summed E-state index contributed by atoms with van der Waals surface area (Å²) in [4.78, 5) is 45.8. The highest BCUT2D eigenvalue weighted by molar-refractivity contribution is 5.88. The van der Waals surface area contributed by atoms with Gasteiger partial charge in [0.25, 0.3) is 0 Å². The molecule has 4 unspecified atom stereocenters. The van der Waals surface area contributed by atoms with Crippen molar-refractivity contribution in [3.8, 4) is 6.07 Å². The smallest absolute Gasteiger partial charge is 0.408 e. The van der Waals surface area contributed by atoms with Crippen LogP contribution in [0.1, 0.15) is 77.3 Å². The highest BCUT2D eigenvalue weighted by Gasteiger charge is 2.54. The minimum absolute atomic E-state index is 0.0240. The van der Waals surface area contributed by atoms with Crippen LogP contribution in [0.5, 0.6) is 0 Å². The van der Waals surface area contributed by atoms with Crippen molar-refractivity contribution in [2.45, 2.75) is 102 Å². The van der Waals surface area contributed by atoms with Crippen LogP contribution in [0, 0.1) is 23.1 Å². The lowest BCUT2D eigenvalue weighted by molar-refractivity contribution is -0.142. The predicted molar refractivity (Wildman–Crippen MR) is 145 cm³/mol. The second-order valence-electron chi connectivity index (χ2n) is 12.7. The van der Waals surface area contributed by atoms with Crippen LogP contribution >= 0.6 is 0 Å². The second-order valence-corrected chi connectivity index (χ2v) is 12.7. The molecule has 3 saturated heterocycles. The fraction of sp³-hybridized carbons (Fsp3) is 0.667. The van der Waals surface area contributed by atoms with Gasteiger partial charge in [0.15, 0.2) is 0 Å². The average molecular weight is 554 g/mol. The first-order valence-corrected chi connectivity index (χ1v) is 14.6. The summed E-state index contributed by atoms with van der Waals surface area (Å²) >= 11 is 0. The summed E-state index contributed by atoms with van der Waals surface area (Å²) in [5.41, 5.74) is 0.233. The van der Waals surface area contributed by atoms with Gasteiger partial charge >= 0.3 is 6.09 Å². The van der Waals surface area contributed by atoms with E-state index in [1.165, 1.54) is 17.0 Å². The third-order valence-electron chi connectivity index (χ3n) is 8.76. The lowest BCUT2D eigenvalue weighted by Crippen LogP contribution is -2.59. The number of likely N-dealkylation sites (tertiary alicyclic amines) is 3. The number of carbonyl (C=O) groups excluding carboxylic acids is 3. The summed E-state index contributed by atoms with van der Waals surface area (Å²) in [6.07, 6.45) is 5.63. The first-order valence-electron chi connectivity index (χ1n) is 14.6. The van der Waals surface area contributed by atoms with E-state index in [0.29, 0.717) is 31.8 Å². The summed E-state index contributed by atoms with van der Waals surface area (Å²) in [7, 11) is 0. The molecular weight excluding hydrogens is 513 g/mol. The van der Waals surface area contributed by atoms with Gasteiger partial charge in [0.05, 0.1) is 18.2 Å². The number of fused-ring (bicyclic) bond motifs is 2. The van der Waals surface area contributed by atoms with Gasteiger partial charge in [-0.15, -0.1) is 0 Å². The molecule has 1 aliphatic carbocycles. The van der Waals surface area contributed by atoms with Crippen LogP contribution in [-0.4, -0.2) is 82.0 Å². The van der Waals surface area contributed by atoms with Crippen molar-refractivity contribution >= 4 is 17.9 Å². The number of ether oxygens (including phenoxy) is 1. The molecule has 1 N–H and O–H groups in total. The SMILES string of the molecule is CC(C)(C)OC(=O)NC(CN1C[C@@H]2CC1C(=O)N2C(c1ccc(F)cc1)C1CCCC1)C(=O)N1CCCC1C#N. The number of halogens is 1. The van der Waals surface area contributed by atoms with E-state index in [9.17, 15) is 24.0 Å². The largest absolute Gasteiger partial charge is 0.444 e. The van der Waals surface area contributed by atoms with Crippen LogP contribution < -0.4 is 5.32 Å². The summed E-state index contributed by atoms with van der Waals surface area (Å²) in [5, 5.41) is 12.3. The van der Waals surface area contributed by atoms with Gasteiger partial charge in [-0.25, -0.2) is 9.18 Å². The van der Waals surface area contributed by atoms with Gasteiger partial charge in [0, 0.05) is 25.7 Å². The minimum atomic E-state index is -0.938. The number of benzene rings is 1. The molecule has 9 nitrogen and oxygen atoms in total. The van der Waals surface area contributed by atoms with E-state index < -0.39 is 29.8 Å². The van der Waals surface area contributed by atoms with Crippen LogP contribution in [0.4, 0.5) is 9.18 Å². The van der Waals surface area contributed by atoms with Crippen molar-refractivity contribution in [3.63, 3.8) is 0 Å². The lowest BCUT2D eigenvalue weighted by atomic mass is 9.89. The highest BCUT2D eigenvalue weighted by atomic mass is 19.1. The Labute approximate surface area is 235 Å². The van der Waals surface area contributed by atoms with E-state index in [2.05, 4.69) is 11.4 Å². The maximum atomic E-state index is 13.9. The van der Waals surface area contributed by atoms with Gasteiger partial charge in [-0.05, 0) is 76.5 Å². The van der Waals surface area contributed by atoms with Gasteiger partial charge in [0.2, 0.25) is 11.8 Å². The van der Waals surface area contributed by atoms with Crippen LogP contribution in [0.3, 0.4) is 0 Å². The Kier molecular flexibility index (Phi) is 8.05. The molecular formula is C30H40FN5O4. The molecule has 0 aromatic heterocycles. The van der Waals surface area contributed by atoms with Gasteiger partial charge in [-0.2, -0.15) is 5.26 Å². The third kappa shape index (κ3) is 5.80. The summed E-state index contributed by atoms with van der Waals surface area (Å²) in [6.45, 7) is 6.47. The lowest BCUT2D eigenvalue weighted by Gasteiger charge is -2.42. The Morgan fingerprint density at radius 1 is 1.15 bits per heavy atom. The molecule has 4 aliphatic rings. The topological polar surface area (TPSA) is 106 Å². The normalized spacial score (nSPS) is 26.7. The number of nitrogens with one attached hydrogen (secondary N) is 1. The van der Waals surface area contributed by atoms with Crippen molar-refractivity contribution < 1.29 is 23.5 Å². The van der Waals surface area contributed by atoms with Crippen molar-refractivity contribution in [3.05, 3.63) is 35.6 Å². The van der Waals surface area contributed by atoms with Crippen molar-refractivity contribution in [1.82, 2.24) is 20.0 Å². The van der Waals surface area contributed by atoms with Crippen LogP contribution in [-0.2, 0) is 14.3 Å². The molecule has 1 aromatic rings. The monoisotopic (exact) mass is 553 g/mol. The highest BCUT2D eigenvalue weighted by Crippen LogP contribution is 2.45. The van der Waals surface area contributed by atoms with E-state index in [-0.39, 0.29) is 36.3 Å². The molecule has 216 valence electrons. The maximum Gasteiger partial charge on any atom is 0.408 e. The fourth-order valence-corrected chi connectivity index (χ4v) is 7.08. The zero-order valence-corrected chi connectivity index (χ0v) is 23.6. The zero-order chi connectivity index (χ0) is 28.6. The number of hydrogen-bond donors (Lipinski definition) is 1. The van der Waals surface area contributed by atoms with Crippen molar-refractivity contribution in [1.29, 1.82) is 5.26 Å². The predicted octanol–water partition coefficient (Wildman–Crippen LogP) is 3.75. The van der Waals surface area contributed by atoms with Gasteiger partial charge in [0.1, 0.15) is 23.5 Å². The Balaban J connectivity index is 1.34. The molecule has 5 atom stereocenters. The van der Waals surface area contributed by atoms with Crippen molar-refractivity contribution in [2.24, 2.45) is 5.92 Å². The minimum Gasteiger partial charge on any atom is -0.444 e. The maximum absolute atomic E-state index is 13.9. The first-order chi connectivity index (χ1) is 19.1. The summed E-state index contributed by atoms with van der Waals surface area (Å²) in [5.74, 6) is -0.253. The Morgan fingerprint density at radius 3 is 2.48 bits per heavy atom. The van der Waals surface area contributed by atoms with Crippen LogP contribution in [0.2, 0.25) is 0 Å². The molecule has 0 spiro atoms. The number of alkyl carbamates (subject to hydrolysis) is 1. The number of amides is 3. The quantitative estimate of drug-likeness (QED) is 0.551. The van der Waals surface area contributed by atoms with Gasteiger partial charge < -0.3 is 19.9 Å². The standard InChI is InChI=1S/C30H40FN5O4/c1-30(2,3)40-29(39)33-24(27(37)35-14-6-9-22(35)16-32)18-34-17-23-15-25(34)28(38)36(23)26(19-7-4-5-8-19)20-10-12-21(31)13-11-20/h10-13,19,22-26H,4-9,14-15,17-18H2,1-3H3,(H,33,39)/t22?,23-,24?,25?,26?/m0/s1. The summed E-state index contributed by atoms with van der Waals surface area (Å²) < 4.78 is 19.2. The van der Waals surface area contributed by atoms with Gasteiger partial charge in [-0.3, -0.25) is 14.5 Å². The number of hydrogen-bond acceptors (Lipinski definition) is 6. The molecule has 40 heavy (non-hydrogen) atoms. The third-order valence-corrected chi connectivity index (χ3v) is 8.76. The number of nitrogens with zero attached hydrogens (tertiary/aromatic N) is 4. The zero-order valence-electron chi connectivity index (χ0n) is 23.6. The van der Waals surface area contributed by atoms with E-state index >= 15 is 0 Å². The van der Waals surface area contributed by atoms with Crippen LogP contribution in [0.15, 0.2) is 24.3 Å². The molecule has 0 radical (unpaired) electrons. The molecule has 10 heteroatoms. The Bertz CT molecular complexity index is 1160. The van der Waals surface area contributed by atoms with E-state index in [0.717, 1.165) is 37.7 Å². The number of piperazine rings is 1. The van der Waals surface area contributed by atoms with Crippen molar-refractivity contribution in [2.75, 3.05) is 19.6 Å². The summed E-state index contributed by atoms with van der Waals surface area (Å²) in [6, 6.07) is 6.76. The molecule has 3 heterocycles. The Hall–Kier alpha value is -3.19. The fourth-order valence-electron chi connectivity index (χ4n) is 7.08. The van der Waals surface area contributed by atoms with Crippen LogP contribution in [0.25, 0.3) is 0 Å². The first kappa shape index (κ1) is 28.3. The van der Waals surface area contributed by atoms with E-state index in [4.69, 9.17) is 4.74 Å². The van der Waals surface area contributed by atoms with E-state index in [1.54, 1.807) is 32.9 Å². The molecule has 3 amide bonds.